The van der Waals surface area contributed by atoms with E-state index >= 15 is 0 Å². The number of hydrogen-bond acceptors (Lipinski definition) is 2. The highest BCUT2D eigenvalue weighted by Gasteiger charge is 2.41. The molecule has 1 aliphatic rings. The Morgan fingerprint density at radius 2 is 1.87 bits per heavy atom. The van der Waals surface area contributed by atoms with Gasteiger partial charge >= 0.3 is 0 Å². The van der Waals surface area contributed by atoms with Crippen LogP contribution in [0.25, 0.3) is 0 Å². The van der Waals surface area contributed by atoms with E-state index in [-0.39, 0.29) is 5.04 Å². The van der Waals surface area contributed by atoms with Crippen LogP contribution in [0.5, 0.6) is 0 Å². The van der Waals surface area contributed by atoms with E-state index in [2.05, 4.69) is 61.2 Å². The van der Waals surface area contributed by atoms with Crippen molar-refractivity contribution in [2.75, 3.05) is 5.32 Å². The van der Waals surface area contributed by atoms with Crippen molar-refractivity contribution >= 4 is 41.5 Å². The molecule has 0 saturated heterocycles. The molecule has 0 heterocycles. The molecule has 0 aliphatic heterocycles. The van der Waals surface area contributed by atoms with E-state index in [1.165, 1.54) is 19.3 Å². The minimum atomic E-state index is -1.74. The Bertz CT molecular complexity index is 544. The molecule has 1 N–H and O–H groups in total. The summed E-state index contributed by atoms with van der Waals surface area (Å²) in [7, 11) is -1.74. The molecular formula is C18H29BrClNOSi. The van der Waals surface area contributed by atoms with E-state index in [4.69, 9.17) is 16.0 Å². The zero-order valence-electron chi connectivity index (χ0n) is 14.9. The fourth-order valence-electron chi connectivity index (χ4n) is 2.76. The van der Waals surface area contributed by atoms with Crippen LogP contribution in [0.3, 0.4) is 0 Å². The largest absolute Gasteiger partial charge is 0.412 e. The van der Waals surface area contributed by atoms with Crippen molar-refractivity contribution in [2.45, 2.75) is 76.7 Å². The molecule has 5 heteroatoms. The topological polar surface area (TPSA) is 21.3 Å². The lowest BCUT2D eigenvalue weighted by atomic mass is 9.92. The third-order valence-electron chi connectivity index (χ3n) is 5.23. The molecule has 0 bridgehead atoms. The first-order valence-corrected chi connectivity index (χ1v) is 12.6. The SMILES string of the molecule is CC(C)(C)[Si](C)(C)O[C@@H]1CCCC[C@H]1Nc1ccc(Cl)c(Br)c1. The van der Waals surface area contributed by atoms with Gasteiger partial charge in [0.05, 0.1) is 17.2 Å². The molecule has 2 atom stereocenters. The average molecular weight is 419 g/mol. The van der Waals surface area contributed by atoms with Crippen LogP contribution >= 0.6 is 27.5 Å². The lowest BCUT2D eigenvalue weighted by molar-refractivity contribution is 0.124. The van der Waals surface area contributed by atoms with Crippen LogP contribution in [-0.2, 0) is 4.43 Å². The van der Waals surface area contributed by atoms with Crippen molar-refractivity contribution in [1.29, 1.82) is 0 Å². The molecular weight excluding hydrogens is 390 g/mol. The summed E-state index contributed by atoms with van der Waals surface area (Å²) < 4.78 is 7.65. The van der Waals surface area contributed by atoms with Gasteiger partial charge in [-0.2, -0.15) is 0 Å². The van der Waals surface area contributed by atoms with Gasteiger partial charge in [-0.05, 0) is 65.1 Å². The van der Waals surface area contributed by atoms with E-state index in [9.17, 15) is 0 Å². The van der Waals surface area contributed by atoms with Gasteiger partial charge in [-0.25, -0.2) is 0 Å². The molecule has 2 rings (SSSR count). The van der Waals surface area contributed by atoms with Crippen molar-refractivity contribution in [2.24, 2.45) is 0 Å². The van der Waals surface area contributed by atoms with Crippen molar-refractivity contribution in [3.05, 3.63) is 27.7 Å². The summed E-state index contributed by atoms with van der Waals surface area (Å²) in [6, 6.07) is 6.41. The smallest absolute Gasteiger partial charge is 0.192 e. The number of rotatable bonds is 4. The summed E-state index contributed by atoms with van der Waals surface area (Å²) in [5.74, 6) is 0. The number of hydrogen-bond donors (Lipinski definition) is 1. The summed E-state index contributed by atoms with van der Waals surface area (Å²) in [5, 5.41) is 4.67. The van der Waals surface area contributed by atoms with Crippen molar-refractivity contribution < 1.29 is 4.43 Å². The van der Waals surface area contributed by atoms with Gasteiger partial charge in [0.1, 0.15) is 0 Å². The molecule has 0 spiro atoms. The van der Waals surface area contributed by atoms with Crippen LogP contribution in [0.4, 0.5) is 5.69 Å². The predicted octanol–water partition coefficient (Wildman–Crippen LogP) is 6.85. The Balaban J connectivity index is 2.10. The summed E-state index contributed by atoms with van der Waals surface area (Å²) in [6.07, 6.45) is 5.16. The van der Waals surface area contributed by atoms with Crippen molar-refractivity contribution in [3.63, 3.8) is 0 Å². The Morgan fingerprint density at radius 3 is 2.48 bits per heavy atom. The second kappa shape index (κ2) is 7.47. The quantitative estimate of drug-likeness (QED) is 0.540. The summed E-state index contributed by atoms with van der Waals surface area (Å²) in [5.41, 5.74) is 1.11. The fraction of sp³-hybridized carbons (Fsp3) is 0.667. The fourth-order valence-corrected chi connectivity index (χ4v) is 4.65. The maximum absolute atomic E-state index is 6.72. The molecule has 130 valence electrons. The van der Waals surface area contributed by atoms with Gasteiger partial charge in [0.25, 0.3) is 0 Å². The first kappa shape index (κ1) is 19.3. The number of anilines is 1. The first-order chi connectivity index (χ1) is 10.6. The first-order valence-electron chi connectivity index (χ1n) is 8.49. The molecule has 23 heavy (non-hydrogen) atoms. The van der Waals surface area contributed by atoms with Gasteiger partial charge in [-0.15, -0.1) is 0 Å². The van der Waals surface area contributed by atoms with E-state index in [0.717, 1.165) is 21.6 Å². The van der Waals surface area contributed by atoms with Gasteiger partial charge in [-0.3, -0.25) is 0 Å². The minimum Gasteiger partial charge on any atom is -0.412 e. The molecule has 2 nitrogen and oxygen atoms in total. The summed E-state index contributed by atoms with van der Waals surface area (Å²) in [6.45, 7) is 11.6. The Morgan fingerprint density at radius 1 is 1.22 bits per heavy atom. The Hall–Kier alpha value is -0.0331. The monoisotopic (exact) mass is 417 g/mol. The van der Waals surface area contributed by atoms with Crippen LogP contribution in [0, 0.1) is 0 Å². The molecule has 0 aromatic heterocycles. The molecule has 1 fully saturated rings. The van der Waals surface area contributed by atoms with Crippen LogP contribution in [0.2, 0.25) is 23.2 Å². The highest BCUT2D eigenvalue weighted by molar-refractivity contribution is 9.10. The van der Waals surface area contributed by atoms with Gasteiger partial charge in [-0.1, -0.05) is 45.2 Å². The number of benzene rings is 1. The van der Waals surface area contributed by atoms with Gasteiger partial charge in [0, 0.05) is 10.2 Å². The average Bonchev–Trinajstić information content (AvgIpc) is 2.43. The van der Waals surface area contributed by atoms with Gasteiger partial charge in [0.2, 0.25) is 0 Å². The van der Waals surface area contributed by atoms with Crippen molar-refractivity contribution in [3.8, 4) is 0 Å². The van der Waals surface area contributed by atoms with E-state index in [0.29, 0.717) is 12.1 Å². The molecule has 0 unspecified atom stereocenters. The Labute approximate surface area is 155 Å². The summed E-state index contributed by atoms with van der Waals surface area (Å²) >= 11 is 9.60. The molecule has 0 amide bonds. The number of halogens is 2. The molecule has 0 radical (unpaired) electrons. The highest BCUT2D eigenvalue weighted by Crippen LogP contribution is 2.39. The molecule has 1 aliphatic carbocycles. The maximum atomic E-state index is 6.72. The minimum absolute atomic E-state index is 0.248. The normalized spacial score (nSPS) is 22.9. The molecule has 1 aromatic carbocycles. The van der Waals surface area contributed by atoms with Crippen molar-refractivity contribution in [1.82, 2.24) is 0 Å². The van der Waals surface area contributed by atoms with E-state index in [1.54, 1.807) is 0 Å². The summed E-state index contributed by atoms with van der Waals surface area (Å²) in [4.78, 5) is 0. The zero-order valence-corrected chi connectivity index (χ0v) is 18.2. The molecule has 1 saturated carbocycles. The molecule has 1 aromatic rings. The predicted molar refractivity (Wildman–Crippen MR) is 107 cm³/mol. The third kappa shape index (κ3) is 4.97. The van der Waals surface area contributed by atoms with E-state index < -0.39 is 8.32 Å². The van der Waals surface area contributed by atoms with Crippen LogP contribution in [-0.4, -0.2) is 20.5 Å². The van der Waals surface area contributed by atoms with Gasteiger partial charge in [0.15, 0.2) is 8.32 Å². The standard InChI is InChI=1S/C18H29BrClNOSi/c1-18(2,3)23(4,5)22-17-9-7-6-8-16(17)21-13-10-11-15(20)14(19)12-13/h10-12,16-17,21H,6-9H2,1-5H3/t16-,17-/m1/s1. The second-order valence-corrected chi connectivity index (χ2v) is 14.1. The highest BCUT2D eigenvalue weighted by atomic mass is 79.9. The second-order valence-electron chi connectivity index (χ2n) is 8.08. The zero-order chi connectivity index (χ0) is 17.3. The lowest BCUT2D eigenvalue weighted by Gasteiger charge is -2.43. The van der Waals surface area contributed by atoms with Crippen LogP contribution in [0.15, 0.2) is 22.7 Å². The third-order valence-corrected chi connectivity index (χ3v) is 10.9. The van der Waals surface area contributed by atoms with Crippen LogP contribution in [0.1, 0.15) is 46.5 Å². The van der Waals surface area contributed by atoms with Crippen LogP contribution < -0.4 is 5.32 Å². The number of nitrogens with one attached hydrogen (secondary N) is 1. The van der Waals surface area contributed by atoms with E-state index in [1.807, 2.05) is 12.1 Å². The maximum Gasteiger partial charge on any atom is 0.192 e. The Kier molecular flexibility index (Phi) is 6.26. The lowest BCUT2D eigenvalue weighted by Crippen LogP contribution is -2.49. The van der Waals surface area contributed by atoms with Gasteiger partial charge < -0.3 is 9.74 Å².